The third-order valence-corrected chi connectivity index (χ3v) is 4.37. The van der Waals surface area contributed by atoms with Crippen molar-refractivity contribution in [2.24, 2.45) is 0 Å². The Balaban J connectivity index is 2.89. The molecular weight excluding hydrogens is 300 g/mol. The summed E-state index contributed by atoms with van der Waals surface area (Å²) in [5.74, 6) is -1.33. The van der Waals surface area contributed by atoms with Crippen molar-refractivity contribution < 1.29 is 18.3 Å². The molecule has 0 atom stereocenters. The number of carboxylic acid groups (broad SMARTS) is 1. The summed E-state index contributed by atoms with van der Waals surface area (Å²) in [5.41, 5.74) is 0.942. The summed E-state index contributed by atoms with van der Waals surface area (Å²) >= 11 is 0. The van der Waals surface area contributed by atoms with Gasteiger partial charge < -0.3 is 5.11 Å². The van der Waals surface area contributed by atoms with Crippen LogP contribution in [0.5, 0.6) is 0 Å². The number of halogens is 1. The maximum absolute atomic E-state index is 11.7. The lowest BCUT2D eigenvalue weighted by atomic mass is 9.98. The van der Waals surface area contributed by atoms with Gasteiger partial charge >= 0.3 is 5.97 Å². The normalized spacial score (nSPS) is 11.3. The van der Waals surface area contributed by atoms with E-state index >= 15 is 0 Å². The summed E-state index contributed by atoms with van der Waals surface area (Å²) < 4.78 is 23.3. The van der Waals surface area contributed by atoms with E-state index < -0.39 is 15.0 Å². The number of hydrogen-bond acceptors (Lipinski definition) is 3. The molecule has 0 spiro atoms. The van der Waals surface area contributed by atoms with E-state index in [0.29, 0.717) is 16.7 Å². The average Bonchev–Trinajstić information content (AvgIpc) is 2.37. The molecule has 4 nitrogen and oxygen atoms in total. The van der Waals surface area contributed by atoms with Crippen LogP contribution >= 0.6 is 10.7 Å². The van der Waals surface area contributed by atoms with Crippen LogP contribution in [-0.4, -0.2) is 19.5 Å². The molecule has 20 heavy (non-hydrogen) atoms. The number of aromatic carboxylic acids is 1. The summed E-state index contributed by atoms with van der Waals surface area (Å²) in [4.78, 5) is 11.1. The lowest BCUT2D eigenvalue weighted by Gasteiger charge is -2.12. The summed E-state index contributed by atoms with van der Waals surface area (Å²) in [7, 11) is 1.23. The van der Waals surface area contributed by atoms with E-state index in [1.807, 2.05) is 0 Å². The van der Waals surface area contributed by atoms with Crippen molar-refractivity contribution in [3.63, 3.8) is 0 Å². The highest BCUT2D eigenvalue weighted by atomic mass is 35.7. The van der Waals surface area contributed by atoms with Gasteiger partial charge in [0.15, 0.2) is 0 Å². The number of aryl methyl sites for hydroxylation is 1. The first-order valence-electron chi connectivity index (χ1n) is 5.69. The molecule has 6 heteroatoms. The molecule has 0 saturated heterocycles. The molecule has 0 aliphatic carbocycles. The molecule has 0 unspecified atom stereocenters. The van der Waals surface area contributed by atoms with Crippen molar-refractivity contribution in [3.8, 4) is 11.1 Å². The minimum atomic E-state index is -4.15. The van der Waals surface area contributed by atoms with E-state index in [9.17, 15) is 18.3 Å². The Morgan fingerprint density at radius 1 is 1.10 bits per heavy atom. The van der Waals surface area contributed by atoms with Crippen molar-refractivity contribution in [2.75, 3.05) is 0 Å². The minimum Gasteiger partial charge on any atom is -0.478 e. The number of rotatable bonds is 3. The predicted octanol–water partition coefficient (Wildman–Crippen LogP) is 3.29. The zero-order valence-corrected chi connectivity index (χ0v) is 12.1. The maximum atomic E-state index is 11.7. The molecule has 2 aromatic carbocycles. The largest absolute Gasteiger partial charge is 0.478 e. The molecule has 0 bridgehead atoms. The van der Waals surface area contributed by atoms with Gasteiger partial charge in [0.25, 0.3) is 9.05 Å². The Hall–Kier alpha value is -1.85. The van der Waals surface area contributed by atoms with E-state index in [1.54, 1.807) is 42.5 Å². The zero-order chi connectivity index (χ0) is 14.9. The molecule has 2 aromatic rings. The monoisotopic (exact) mass is 310 g/mol. The zero-order valence-electron chi connectivity index (χ0n) is 10.5. The Morgan fingerprint density at radius 3 is 2.20 bits per heavy atom. The smallest absolute Gasteiger partial charge is 0.337 e. The maximum Gasteiger partial charge on any atom is 0.337 e. The van der Waals surface area contributed by atoms with Crippen LogP contribution in [0, 0.1) is 6.92 Å². The molecule has 0 heterocycles. The van der Waals surface area contributed by atoms with E-state index in [0.717, 1.165) is 0 Å². The SMILES string of the molecule is Cc1ccc(-c2ccccc2)c(C(=O)O)c1S(=O)(=O)Cl. The summed E-state index contributed by atoms with van der Waals surface area (Å²) in [6.45, 7) is 1.51. The van der Waals surface area contributed by atoms with Crippen molar-refractivity contribution in [3.05, 3.63) is 53.6 Å². The molecule has 1 N–H and O–H groups in total. The van der Waals surface area contributed by atoms with Gasteiger partial charge in [0.2, 0.25) is 0 Å². The van der Waals surface area contributed by atoms with E-state index in [2.05, 4.69) is 0 Å². The number of benzene rings is 2. The summed E-state index contributed by atoms with van der Waals surface area (Å²) in [6.07, 6.45) is 0. The second-order valence-electron chi connectivity index (χ2n) is 4.24. The second kappa shape index (κ2) is 5.26. The lowest BCUT2D eigenvalue weighted by molar-refractivity contribution is 0.0693. The number of carbonyl (C=O) groups is 1. The second-order valence-corrected chi connectivity index (χ2v) is 6.75. The highest BCUT2D eigenvalue weighted by Gasteiger charge is 2.26. The first-order chi connectivity index (χ1) is 9.32. The van der Waals surface area contributed by atoms with Crippen molar-refractivity contribution in [1.82, 2.24) is 0 Å². The minimum absolute atomic E-state index is 0.300. The predicted molar refractivity (Wildman–Crippen MR) is 76.6 cm³/mol. The Kier molecular flexibility index (Phi) is 3.83. The average molecular weight is 311 g/mol. The summed E-state index contributed by atoms with van der Waals surface area (Å²) in [6, 6.07) is 11.8. The van der Waals surface area contributed by atoms with Gasteiger partial charge in [0.05, 0.1) is 5.56 Å². The van der Waals surface area contributed by atoms with Crippen LogP contribution in [0.15, 0.2) is 47.4 Å². The highest BCUT2D eigenvalue weighted by molar-refractivity contribution is 8.13. The van der Waals surface area contributed by atoms with E-state index in [-0.39, 0.29) is 10.5 Å². The quantitative estimate of drug-likeness (QED) is 0.883. The highest BCUT2D eigenvalue weighted by Crippen LogP contribution is 2.32. The van der Waals surface area contributed by atoms with E-state index in [1.165, 1.54) is 6.92 Å². The van der Waals surface area contributed by atoms with Crippen molar-refractivity contribution in [2.45, 2.75) is 11.8 Å². The van der Waals surface area contributed by atoms with Gasteiger partial charge in [-0.25, -0.2) is 13.2 Å². The van der Waals surface area contributed by atoms with Crippen LogP contribution in [0.1, 0.15) is 15.9 Å². The van der Waals surface area contributed by atoms with Gasteiger partial charge in [-0.3, -0.25) is 0 Å². The third-order valence-electron chi connectivity index (χ3n) is 2.90. The molecule has 2 rings (SSSR count). The van der Waals surface area contributed by atoms with Crippen LogP contribution in [0.3, 0.4) is 0 Å². The van der Waals surface area contributed by atoms with E-state index in [4.69, 9.17) is 10.7 Å². The van der Waals surface area contributed by atoms with Gasteiger partial charge in [-0.2, -0.15) is 0 Å². The Labute approximate surface area is 121 Å². The number of carboxylic acids is 1. The standard InChI is InChI=1S/C14H11ClO4S/c1-9-7-8-11(10-5-3-2-4-6-10)12(14(16)17)13(9)20(15,18)19/h2-8H,1H3,(H,16,17). The van der Waals surface area contributed by atoms with Gasteiger partial charge in [-0.05, 0) is 23.6 Å². The Bertz CT molecular complexity index is 767. The number of hydrogen-bond donors (Lipinski definition) is 1. The molecule has 0 aliphatic heterocycles. The molecule has 0 amide bonds. The summed E-state index contributed by atoms with van der Waals surface area (Å²) in [5, 5.41) is 9.37. The Morgan fingerprint density at radius 2 is 1.70 bits per heavy atom. The first kappa shape index (κ1) is 14.6. The van der Waals surface area contributed by atoms with Gasteiger partial charge in [-0.1, -0.05) is 42.5 Å². The molecule has 104 valence electrons. The van der Waals surface area contributed by atoms with Gasteiger partial charge in [0.1, 0.15) is 4.90 Å². The van der Waals surface area contributed by atoms with Crippen LogP contribution in [0.4, 0.5) is 0 Å². The fraction of sp³-hybridized carbons (Fsp3) is 0.0714. The van der Waals surface area contributed by atoms with Crippen molar-refractivity contribution in [1.29, 1.82) is 0 Å². The third kappa shape index (κ3) is 2.69. The molecule has 0 radical (unpaired) electrons. The first-order valence-corrected chi connectivity index (χ1v) is 8.00. The molecule has 0 aromatic heterocycles. The van der Waals surface area contributed by atoms with Crippen LogP contribution in [0.2, 0.25) is 0 Å². The van der Waals surface area contributed by atoms with Crippen molar-refractivity contribution >= 4 is 25.7 Å². The molecule has 0 saturated carbocycles. The fourth-order valence-corrected chi connectivity index (χ4v) is 3.56. The fourth-order valence-electron chi connectivity index (χ4n) is 2.07. The van der Waals surface area contributed by atoms with Gasteiger partial charge in [-0.15, -0.1) is 0 Å². The van der Waals surface area contributed by atoms with Gasteiger partial charge in [0, 0.05) is 10.7 Å². The van der Waals surface area contributed by atoms with Crippen LogP contribution in [0.25, 0.3) is 11.1 Å². The van der Waals surface area contributed by atoms with Crippen LogP contribution < -0.4 is 0 Å². The van der Waals surface area contributed by atoms with Crippen LogP contribution in [-0.2, 0) is 9.05 Å². The topological polar surface area (TPSA) is 71.4 Å². The lowest BCUT2D eigenvalue weighted by Crippen LogP contribution is -2.09. The molecule has 0 aliphatic rings. The molecular formula is C14H11ClO4S. The molecule has 0 fully saturated rings.